The van der Waals surface area contributed by atoms with E-state index in [0.717, 1.165) is 0 Å². The van der Waals surface area contributed by atoms with Crippen LogP contribution in [0.5, 0.6) is 0 Å². The van der Waals surface area contributed by atoms with Gasteiger partial charge in [0.25, 0.3) is 11.5 Å². The van der Waals surface area contributed by atoms with Crippen LogP contribution in [0.3, 0.4) is 0 Å². The summed E-state index contributed by atoms with van der Waals surface area (Å²) >= 11 is 0. The van der Waals surface area contributed by atoms with Crippen LogP contribution in [0.2, 0.25) is 0 Å². The first-order valence-corrected chi connectivity index (χ1v) is 10.8. The lowest BCUT2D eigenvalue weighted by Crippen LogP contribution is -2.54. The fraction of sp³-hybridized carbons (Fsp3) is 0.240. The van der Waals surface area contributed by atoms with Gasteiger partial charge >= 0.3 is 12.4 Å². The van der Waals surface area contributed by atoms with E-state index in [9.17, 15) is 45.4 Å². The molecule has 202 valence electrons. The number of carbonyl (C=O) groups excluding carboxylic acids is 2. The predicted octanol–water partition coefficient (Wildman–Crippen LogP) is 5.58. The summed E-state index contributed by atoms with van der Waals surface area (Å²) in [6.07, 6.45) is -11.2. The summed E-state index contributed by atoms with van der Waals surface area (Å²) in [5, 5.41) is 14.6. The number of aryl methyl sites for hydroxylation is 2. The second-order valence-corrected chi connectivity index (χ2v) is 8.40. The summed E-state index contributed by atoms with van der Waals surface area (Å²) in [6, 6.07) is 9.34. The maximum absolute atomic E-state index is 13.7. The van der Waals surface area contributed by atoms with Crippen LogP contribution < -0.4 is 10.6 Å². The molecule has 1 aromatic heterocycles. The maximum Gasteiger partial charge on any atom is 0.430 e. The number of nitrogens with one attached hydrogen (secondary N) is 2. The molecule has 2 aromatic carbocycles. The minimum absolute atomic E-state index is 0.000299. The first kappa shape index (κ1) is 28.6. The third-order valence-corrected chi connectivity index (χ3v) is 5.61. The van der Waals surface area contributed by atoms with Gasteiger partial charge in [-0.25, -0.2) is 4.98 Å². The molecule has 0 unspecified atom stereocenters. The Bertz CT molecular complexity index is 1330. The van der Waals surface area contributed by atoms with Gasteiger partial charge in [-0.2, -0.15) is 30.7 Å². The van der Waals surface area contributed by atoms with Crippen molar-refractivity contribution in [2.45, 2.75) is 38.2 Å². The number of hydrogen-bond donors (Lipinski definition) is 3. The van der Waals surface area contributed by atoms with E-state index in [1.807, 2.05) is 0 Å². The number of rotatable bonds is 6. The molecule has 0 bridgehead atoms. The molecular formula is C25H20F7N3O3. The summed E-state index contributed by atoms with van der Waals surface area (Å²) in [7, 11) is 0. The molecule has 6 nitrogen and oxygen atoms in total. The quantitative estimate of drug-likeness (QED) is 0.280. The Kier molecular flexibility index (Phi) is 7.82. The van der Waals surface area contributed by atoms with Gasteiger partial charge in [-0.05, 0) is 49.2 Å². The minimum atomic E-state index is -6.05. The van der Waals surface area contributed by atoms with E-state index in [-0.39, 0.29) is 40.0 Å². The van der Waals surface area contributed by atoms with Crippen molar-refractivity contribution in [2.24, 2.45) is 0 Å². The fourth-order valence-electron chi connectivity index (χ4n) is 3.71. The van der Waals surface area contributed by atoms with Crippen molar-refractivity contribution in [3.63, 3.8) is 0 Å². The first-order valence-electron chi connectivity index (χ1n) is 10.8. The highest BCUT2D eigenvalue weighted by atomic mass is 19.4. The molecule has 0 spiro atoms. The second-order valence-electron chi connectivity index (χ2n) is 8.40. The van der Waals surface area contributed by atoms with E-state index >= 15 is 0 Å². The Morgan fingerprint density at radius 1 is 0.895 bits per heavy atom. The summed E-state index contributed by atoms with van der Waals surface area (Å²) in [5.41, 5.74) is -6.71. The zero-order valence-electron chi connectivity index (χ0n) is 19.8. The van der Waals surface area contributed by atoms with Gasteiger partial charge < -0.3 is 15.7 Å². The zero-order valence-corrected chi connectivity index (χ0v) is 19.8. The highest BCUT2D eigenvalue weighted by Crippen LogP contribution is 2.50. The number of aliphatic hydroxyl groups is 1. The average Bonchev–Trinajstić information content (AvgIpc) is 2.80. The molecule has 3 N–H and O–H groups in total. The van der Waals surface area contributed by atoms with Crippen molar-refractivity contribution in [1.29, 1.82) is 0 Å². The second kappa shape index (κ2) is 10.4. The molecule has 0 aliphatic rings. The Hall–Kier alpha value is -4.00. The molecule has 0 saturated heterocycles. The van der Waals surface area contributed by atoms with Crippen molar-refractivity contribution in [3.05, 3.63) is 88.5 Å². The van der Waals surface area contributed by atoms with Crippen molar-refractivity contribution in [2.75, 3.05) is 10.6 Å². The minimum Gasteiger partial charge on any atom is -0.369 e. The Labute approximate surface area is 211 Å². The van der Waals surface area contributed by atoms with E-state index in [4.69, 9.17) is 0 Å². The molecule has 0 aliphatic heterocycles. The SMILES string of the molecule is Cc1cc(C(O)(C(F)(F)F)C(F)(F)F)cc(C)c1NC(=O)c1cccc(NC(=O)Cc2cccnc2F)c1. The Balaban J connectivity index is 1.82. The maximum atomic E-state index is 13.7. The van der Waals surface area contributed by atoms with Crippen molar-refractivity contribution in [1.82, 2.24) is 4.98 Å². The predicted molar refractivity (Wildman–Crippen MR) is 123 cm³/mol. The highest BCUT2D eigenvalue weighted by Gasteiger charge is 2.71. The van der Waals surface area contributed by atoms with Crippen LogP contribution in [0, 0.1) is 19.8 Å². The van der Waals surface area contributed by atoms with Crippen LogP contribution in [-0.2, 0) is 16.8 Å². The van der Waals surface area contributed by atoms with Gasteiger partial charge in [-0.1, -0.05) is 24.3 Å². The fourth-order valence-corrected chi connectivity index (χ4v) is 3.71. The number of amides is 2. The summed E-state index contributed by atoms with van der Waals surface area (Å²) in [6.45, 7) is 2.35. The lowest BCUT2D eigenvalue weighted by atomic mass is 9.89. The smallest absolute Gasteiger partial charge is 0.369 e. The lowest BCUT2D eigenvalue weighted by molar-refractivity contribution is -0.376. The van der Waals surface area contributed by atoms with Crippen LogP contribution in [0.15, 0.2) is 54.7 Å². The number of aromatic nitrogens is 1. The van der Waals surface area contributed by atoms with Crippen LogP contribution in [0.1, 0.15) is 32.6 Å². The van der Waals surface area contributed by atoms with E-state index < -0.39 is 41.3 Å². The number of halogens is 7. The molecule has 3 aromatic rings. The van der Waals surface area contributed by atoms with Crippen molar-refractivity contribution >= 4 is 23.2 Å². The molecule has 38 heavy (non-hydrogen) atoms. The van der Waals surface area contributed by atoms with Crippen molar-refractivity contribution < 1.29 is 45.4 Å². The number of benzene rings is 2. The molecule has 1 heterocycles. The number of nitrogens with zero attached hydrogens (tertiary/aromatic N) is 1. The van der Waals surface area contributed by atoms with Gasteiger partial charge in [0.2, 0.25) is 11.9 Å². The summed E-state index contributed by atoms with van der Waals surface area (Å²) in [4.78, 5) is 28.5. The van der Waals surface area contributed by atoms with Crippen LogP contribution in [0.4, 0.5) is 42.1 Å². The summed E-state index contributed by atoms with van der Waals surface area (Å²) < 4.78 is 93.2. The van der Waals surface area contributed by atoms with Crippen LogP contribution >= 0.6 is 0 Å². The number of anilines is 2. The van der Waals surface area contributed by atoms with Gasteiger partial charge in [0.1, 0.15) is 0 Å². The van der Waals surface area contributed by atoms with Gasteiger partial charge in [0.15, 0.2) is 0 Å². The molecule has 3 rings (SSSR count). The van der Waals surface area contributed by atoms with Gasteiger partial charge in [0, 0.05) is 34.3 Å². The first-order chi connectivity index (χ1) is 17.5. The van der Waals surface area contributed by atoms with Gasteiger partial charge in [-0.3, -0.25) is 9.59 Å². The number of pyridine rings is 1. The molecule has 0 fully saturated rings. The van der Waals surface area contributed by atoms with E-state index in [1.54, 1.807) is 0 Å². The van der Waals surface area contributed by atoms with E-state index in [1.165, 1.54) is 56.4 Å². The van der Waals surface area contributed by atoms with Gasteiger partial charge in [0.05, 0.1) is 6.42 Å². The van der Waals surface area contributed by atoms with Crippen LogP contribution in [-0.4, -0.2) is 34.3 Å². The van der Waals surface area contributed by atoms with E-state index in [0.29, 0.717) is 12.1 Å². The molecule has 2 amide bonds. The molecular weight excluding hydrogens is 523 g/mol. The largest absolute Gasteiger partial charge is 0.430 e. The number of hydrogen-bond acceptors (Lipinski definition) is 4. The third kappa shape index (κ3) is 5.77. The lowest BCUT2D eigenvalue weighted by Gasteiger charge is -2.33. The standard InChI is InChI=1S/C25H20F7N3O3/c1-13-9-17(23(38,24(27,28)29)25(30,31)32)10-14(2)20(13)35-22(37)16-5-3-7-18(11-16)34-19(36)12-15-6-4-8-33-21(15)26/h3-11,38H,12H2,1-2H3,(H,34,36)(H,35,37). The molecule has 0 atom stereocenters. The number of carbonyl (C=O) groups is 2. The van der Waals surface area contributed by atoms with Crippen molar-refractivity contribution in [3.8, 4) is 0 Å². The Morgan fingerprint density at radius 2 is 1.50 bits per heavy atom. The van der Waals surface area contributed by atoms with Gasteiger partial charge in [-0.15, -0.1) is 0 Å². The molecule has 13 heteroatoms. The Morgan fingerprint density at radius 3 is 2.05 bits per heavy atom. The normalized spacial score (nSPS) is 12.3. The molecule has 0 aliphatic carbocycles. The van der Waals surface area contributed by atoms with Crippen LogP contribution in [0.25, 0.3) is 0 Å². The molecule has 0 radical (unpaired) electrons. The average molecular weight is 543 g/mol. The highest BCUT2D eigenvalue weighted by molar-refractivity contribution is 6.06. The summed E-state index contributed by atoms with van der Waals surface area (Å²) in [5.74, 6) is -2.18. The topological polar surface area (TPSA) is 91.3 Å². The monoisotopic (exact) mass is 543 g/mol. The van der Waals surface area contributed by atoms with E-state index in [2.05, 4.69) is 15.6 Å². The third-order valence-electron chi connectivity index (χ3n) is 5.61. The number of alkyl halides is 6. The molecule has 0 saturated carbocycles. The zero-order chi connectivity index (χ0) is 28.5.